The van der Waals surface area contributed by atoms with Crippen molar-refractivity contribution in [3.05, 3.63) is 106 Å². The van der Waals surface area contributed by atoms with Gasteiger partial charge in [-0.1, -0.05) is 102 Å². The SMILES string of the molecule is Cc1cccc(CC(=O)N(Cc2ccc(Br)cc2)C(Cc2ccccc2)C(=O)NCC(C)C)c1. The van der Waals surface area contributed by atoms with Gasteiger partial charge in [-0.15, -0.1) is 0 Å². The number of hydrogen-bond donors (Lipinski definition) is 1. The Balaban J connectivity index is 1.94. The number of halogens is 1. The third kappa shape index (κ3) is 7.84. The summed E-state index contributed by atoms with van der Waals surface area (Å²) in [6, 6.07) is 25.2. The molecule has 0 aliphatic carbocycles. The lowest BCUT2D eigenvalue weighted by atomic mass is 10.0. The molecule has 4 nitrogen and oxygen atoms in total. The lowest BCUT2D eigenvalue weighted by Gasteiger charge is -2.32. The first-order chi connectivity index (χ1) is 16.3. The second kappa shape index (κ2) is 12.5. The minimum atomic E-state index is -0.609. The summed E-state index contributed by atoms with van der Waals surface area (Å²) < 4.78 is 0.976. The molecule has 5 heteroatoms. The Morgan fingerprint density at radius 2 is 1.56 bits per heavy atom. The van der Waals surface area contributed by atoms with Gasteiger partial charge in [-0.3, -0.25) is 9.59 Å². The molecular weight excluding hydrogens is 488 g/mol. The second-order valence-electron chi connectivity index (χ2n) is 9.16. The third-order valence-corrected chi connectivity index (χ3v) is 6.19. The Morgan fingerprint density at radius 1 is 0.882 bits per heavy atom. The van der Waals surface area contributed by atoms with Gasteiger partial charge in [-0.05, 0) is 41.7 Å². The van der Waals surface area contributed by atoms with Gasteiger partial charge in [0.25, 0.3) is 0 Å². The first-order valence-corrected chi connectivity index (χ1v) is 12.5. The van der Waals surface area contributed by atoms with Crippen molar-refractivity contribution in [1.29, 1.82) is 0 Å². The molecular formula is C29H33BrN2O2. The highest BCUT2D eigenvalue weighted by Crippen LogP contribution is 2.18. The molecule has 3 aromatic carbocycles. The van der Waals surface area contributed by atoms with Gasteiger partial charge in [0.05, 0.1) is 6.42 Å². The Kier molecular flexibility index (Phi) is 9.46. The number of hydrogen-bond acceptors (Lipinski definition) is 2. The molecule has 2 amide bonds. The number of benzene rings is 3. The maximum absolute atomic E-state index is 13.7. The minimum Gasteiger partial charge on any atom is -0.354 e. The molecule has 0 aromatic heterocycles. The molecule has 1 atom stereocenters. The molecule has 3 aromatic rings. The van der Waals surface area contributed by atoms with Gasteiger partial charge >= 0.3 is 0 Å². The van der Waals surface area contributed by atoms with E-state index in [1.165, 1.54) is 0 Å². The van der Waals surface area contributed by atoms with E-state index in [2.05, 4.69) is 35.1 Å². The second-order valence-corrected chi connectivity index (χ2v) is 10.1. The van der Waals surface area contributed by atoms with E-state index < -0.39 is 6.04 Å². The number of nitrogens with one attached hydrogen (secondary N) is 1. The van der Waals surface area contributed by atoms with Crippen LogP contribution in [0.3, 0.4) is 0 Å². The van der Waals surface area contributed by atoms with E-state index in [0.29, 0.717) is 25.4 Å². The molecule has 1 N–H and O–H groups in total. The number of carbonyl (C=O) groups is 2. The van der Waals surface area contributed by atoms with Gasteiger partial charge < -0.3 is 10.2 Å². The van der Waals surface area contributed by atoms with Gasteiger partial charge in [-0.2, -0.15) is 0 Å². The lowest BCUT2D eigenvalue weighted by molar-refractivity contribution is -0.140. The van der Waals surface area contributed by atoms with Crippen molar-refractivity contribution in [2.75, 3.05) is 6.54 Å². The first kappa shape index (κ1) is 25.7. The molecule has 0 heterocycles. The quantitative estimate of drug-likeness (QED) is 0.372. The van der Waals surface area contributed by atoms with Crippen molar-refractivity contribution in [2.24, 2.45) is 5.92 Å². The summed E-state index contributed by atoms with van der Waals surface area (Å²) >= 11 is 3.48. The molecule has 0 bridgehead atoms. The zero-order valence-corrected chi connectivity index (χ0v) is 21.7. The Labute approximate surface area is 211 Å². The molecule has 34 heavy (non-hydrogen) atoms. The smallest absolute Gasteiger partial charge is 0.243 e. The van der Waals surface area contributed by atoms with Crippen molar-refractivity contribution in [3.63, 3.8) is 0 Å². The van der Waals surface area contributed by atoms with Crippen LogP contribution in [0.1, 0.15) is 36.1 Å². The average Bonchev–Trinajstić information content (AvgIpc) is 2.81. The van der Waals surface area contributed by atoms with Gasteiger partial charge in [0.15, 0.2) is 0 Å². The van der Waals surface area contributed by atoms with E-state index >= 15 is 0 Å². The predicted octanol–water partition coefficient (Wildman–Crippen LogP) is 5.71. The van der Waals surface area contributed by atoms with Crippen molar-refractivity contribution in [2.45, 2.75) is 46.2 Å². The molecule has 0 saturated heterocycles. The van der Waals surface area contributed by atoms with Crippen LogP contribution in [-0.4, -0.2) is 29.3 Å². The fraction of sp³-hybridized carbons (Fsp3) is 0.310. The number of aryl methyl sites for hydroxylation is 1. The van der Waals surface area contributed by atoms with Gasteiger partial charge in [0.1, 0.15) is 6.04 Å². The Hall–Kier alpha value is -2.92. The van der Waals surface area contributed by atoms with Gasteiger partial charge in [-0.25, -0.2) is 0 Å². The molecule has 0 aliphatic heterocycles. The predicted molar refractivity (Wildman–Crippen MR) is 141 cm³/mol. The van der Waals surface area contributed by atoms with Gasteiger partial charge in [0.2, 0.25) is 11.8 Å². The fourth-order valence-electron chi connectivity index (χ4n) is 3.86. The molecule has 1 unspecified atom stereocenters. The van der Waals surface area contributed by atoms with Crippen LogP contribution in [0.25, 0.3) is 0 Å². The third-order valence-electron chi connectivity index (χ3n) is 5.66. The van der Waals surface area contributed by atoms with E-state index in [0.717, 1.165) is 26.7 Å². The monoisotopic (exact) mass is 520 g/mol. The number of carbonyl (C=O) groups excluding carboxylic acids is 2. The highest BCUT2D eigenvalue weighted by atomic mass is 79.9. The fourth-order valence-corrected chi connectivity index (χ4v) is 4.13. The Morgan fingerprint density at radius 3 is 2.21 bits per heavy atom. The lowest BCUT2D eigenvalue weighted by Crippen LogP contribution is -2.51. The number of rotatable bonds is 10. The van der Waals surface area contributed by atoms with Gasteiger partial charge in [0, 0.05) is 24.0 Å². The maximum Gasteiger partial charge on any atom is 0.243 e. The highest BCUT2D eigenvalue weighted by Gasteiger charge is 2.30. The van der Waals surface area contributed by atoms with Crippen LogP contribution in [0, 0.1) is 12.8 Å². The van der Waals surface area contributed by atoms with Crippen molar-refractivity contribution < 1.29 is 9.59 Å². The topological polar surface area (TPSA) is 49.4 Å². The van der Waals surface area contributed by atoms with E-state index in [1.54, 1.807) is 4.90 Å². The van der Waals surface area contributed by atoms with E-state index in [-0.39, 0.29) is 18.2 Å². The summed E-state index contributed by atoms with van der Waals surface area (Å²) in [5.74, 6) is 0.144. The zero-order valence-electron chi connectivity index (χ0n) is 20.1. The molecule has 0 aliphatic rings. The van der Waals surface area contributed by atoms with Crippen LogP contribution in [0.5, 0.6) is 0 Å². The summed E-state index contributed by atoms with van der Waals surface area (Å²) in [6.07, 6.45) is 0.710. The molecule has 0 fully saturated rings. The minimum absolute atomic E-state index is 0.0610. The summed E-state index contributed by atoms with van der Waals surface area (Å²) in [7, 11) is 0. The maximum atomic E-state index is 13.7. The van der Waals surface area contributed by atoms with Crippen molar-refractivity contribution >= 4 is 27.7 Å². The van der Waals surface area contributed by atoms with E-state index in [4.69, 9.17) is 0 Å². The van der Waals surface area contributed by atoms with E-state index in [1.807, 2.05) is 85.8 Å². The van der Waals surface area contributed by atoms with Crippen LogP contribution in [0.2, 0.25) is 0 Å². The Bertz CT molecular complexity index is 1080. The standard InChI is InChI=1S/C29H33BrN2O2/c1-21(2)19-31-29(34)27(17-23-9-5-4-6-10-23)32(20-24-12-14-26(30)15-13-24)28(33)18-25-11-7-8-22(3)16-25/h4-16,21,27H,17-20H2,1-3H3,(H,31,34). The summed E-state index contributed by atoms with van der Waals surface area (Å²) in [4.78, 5) is 28.9. The molecule has 0 spiro atoms. The van der Waals surface area contributed by atoms with Crippen LogP contribution < -0.4 is 5.32 Å². The van der Waals surface area contributed by atoms with Crippen molar-refractivity contribution in [1.82, 2.24) is 10.2 Å². The zero-order chi connectivity index (χ0) is 24.5. The highest BCUT2D eigenvalue weighted by molar-refractivity contribution is 9.10. The summed E-state index contributed by atoms with van der Waals surface area (Å²) in [5, 5.41) is 3.07. The van der Waals surface area contributed by atoms with Crippen LogP contribution in [-0.2, 0) is 29.0 Å². The molecule has 178 valence electrons. The van der Waals surface area contributed by atoms with Crippen molar-refractivity contribution in [3.8, 4) is 0 Å². The molecule has 3 rings (SSSR count). The number of amides is 2. The molecule has 0 saturated carbocycles. The summed E-state index contributed by atoms with van der Waals surface area (Å²) in [5.41, 5.74) is 4.07. The summed E-state index contributed by atoms with van der Waals surface area (Å²) in [6.45, 7) is 7.09. The van der Waals surface area contributed by atoms with Crippen LogP contribution >= 0.6 is 15.9 Å². The first-order valence-electron chi connectivity index (χ1n) is 11.7. The molecule has 0 radical (unpaired) electrons. The average molecular weight is 521 g/mol. The van der Waals surface area contributed by atoms with Crippen LogP contribution in [0.4, 0.5) is 0 Å². The largest absolute Gasteiger partial charge is 0.354 e. The normalized spacial score (nSPS) is 11.8. The van der Waals surface area contributed by atoms with Crippen LogP contribution in [0.15, 0.2) is 83.3 Å². The van der Waals surface area contributed by atoms with E-state index in [9.17, 15) is 9.59 Å². The number of nitrogens with zero attached hydrogens (tertiary/aromatic N) is 1.